The van der Waals surface area contributed by atoms with Gasteiger partial charge in [0.15, 0.2) is 0 Å². The molecule has 2 aromatic rings. The van der Waals surface area contributed by atoms with Crippen LogP contribution < -0.4 is 9.46 Å². The Morgan fingerprint density at radius 1 is 1.09 bits per heavy atom. The molecule has 1 unspecified atom stereocenters. The fourth-order valence-electron chi connectivity index (χ4n) is 2.23. The normalized spacial score (nSPS) is 13.2. The zero-order valence-corrected chi connectivity index (χ0v) is 14.1. The van der Waals surface area contributed by atoms with Gasteiger partial charge in [-0.1, -0.05) is 38.1 Å². The van der Waals surface area contributed by atoms with Crippen molar-refractivity contribution in [3.05, 3.63) is 36.4 Å². The SMILES string of the molecule is CCCOc1ccc(S(=O)(=O)NC(C)CC)c2ccccc12. The molecule has 0 heterocycles. The lowest BCUT2D eigenvalue weighted by molar-refractivity contribution is 0.321. The van der Waals surface area contributed by atoms with Crippen LogP contribution in [0.4, 0.5) is 0 Å². The first kappa shape index (κ1) is 16.8. The number of benzene rings is 2. The van der Waals surface area contributed by atoms with E-state index in [2.05, 4.69) is 4.72 Å². The highest BCUT2D eigenvalue weighted by atomic mass is 32.2. The average Bonchev–Trinajstić information content (AvgIpc) is 2.51. The third-order valence-corrected chi connectivity index (χ3v) is 5.21. The number of hydrogen-bond acceptors (Lipinski definition) is 3. The standard InChI is InChI=1S/C17H23NO3S/c1-4-12-21-16-10-11-17(15-9-7-6-8-14(15)16)22(19,20)18-13(3)5-2/h6-11,13,18H,4-5,12H2,1-3H3. The highest BCUT2D eigenvalue weighted by Crippen LogP contribution is 2.31. The molecule has 0 saturated carbocycles. The minimum atomic E-state index is -3.54. The van der Waals surface area contributed by atoms with Crippen LogP contribution in [0.2, 0.25) is 0 Å². The van der Waals surface area contributed by atoms with Crippen molar-refractivity contribution < 1.29 is 13.2 Å². The number of hydrogen-bond donors (Lipinski definition) is 1. The van der Waals surface area contributed by atoms with Gasteiger partial charge in [-0.05, 0) is 31.9 Å². The summed E-state index contributed by atoms with van der Waals surface area (Å²) >= 11 is 0. The van der Waals surface area contributed by atoms with Crippen molar-refractivity contribution >= 4 is 20.8 Å². The van der Waals surface area contributed by atoms with Crippen LogP contribution in [0, 0.1) is 0 Å². The zero-order valence-electron chi connectivity index (χ0n) is 13.3. The van der Waals surface area contributed by atoms with Crippen LogP contribution in [0.25, 0.3) is 10.8 Å². The van der Waals surface area contributed by atoms with E-state index < -0.39 is 10.0 Å². The summed E-state index contributed by atoms with van der Waals surface area (Å²) in [6, 6.07) is 10.7. The molecule has 0 saturated heterocycles. The van der Waals surface area contributed by atoms with Crippen molar-refractivity contribution in [1.82, 2.24) is 4.72 Å². The summed E-state index contributed by atoms with van der Waals surface area (Å²) in [4.78, 5) is 0.298. The lowest BCUT2D eigenvalue weighted by Gasteiger charge is -2.15. The van der Waals surface area contributed by atoms with Gasteiger partial charge >= 0.3 is 0 Å². The van der Waals surface area contributed by atoms with E-state index in [1.54, 1.807) is 12.1 Å². The van der Waals surface area contributed by atoms with E-state index in [0.29, 0.717) is 16.9 Å². The van der Waals surface area contributed by atoms with Gasteiger partial charge in [0.2, 0.25) is 10.0 Å². The van der Waals surface area contributed by atoms with E-state index in [1.807, 2.05) is 45.0 Å². The van der Waals surface area contributed by atoms with Crippen molar-refractivity contribution in [2.75, 3.05) is 6.61 Å². The van der Waals surface area contributed by atoms with Crippen LogP contribution in [-0.4, -0.2) is 21.1 Å². The molecule has 0 aliphatic rings. The molecule has 0 spiro atoms. The van der Waals surface area contributed by atoms with E-state index in [0.717, 1.165) is 24.0 Å². The van der Waals surface area contributed by atoms with E-state index in [4.69, 9.17) is 4.74 Å². The number of fused-ring (bicyclic) bond motifs is 1. The third-order valence-electron chi connectivity index (χ3n) is 3.56. The minimum absolute atomic E-state index is 0.0974. The molecule has 0 radical (unpaired) electrons. The predicted octanol–water partition coefficient (Wildman–Crippen LogP) is 3.71. The van der Waals surface area contributed by atoms with Crippen LogP contribution >= 0.6 is 0 Å². The molecule has 1 atom stereocenters. The molecule has 0 aliphatic heterocycles. The molecule has 1 N–H and O–H groups in total. The Balaban J connectivity index is 2.52. The molecule has 22 heavy (non-hydrogen) atoms. The van der Waals surface area contributed by atoms with Crippen LogP contribution in [0.5, 0.6) is 5.75 Å². The predicted molar refractivity (Wildman–Crippen MR) is 89.8 cm³/mol. The van der Waals surface area contributed by atoms with E-state index in [1.165, 1.54) is 0 Å². The minimum Gasteiger partial charge on any atom is -0.493 e. The molecule has 4 nitrogen and oxygen atoms in total. The maximum absolute atomic E-state index is 12.6. The second-order valence-electron chi connectivity index (χ2n) is 5.39. The quantitative estimate of drug-likeness (QED) is 0.846. The fraction of sp³-hybridized carbons (Fsp3) is 0.412. The molecule has 0 aromatic heterocycles. The second kappa shape index (κ2) is 7.11. The molecule has 120 valence electrons. The monoisotopic (exact) mass is 321 g/mol. The number of nitrogens with one attached hydrogen (secondary N) is 1. The number of rotatable bonds is 7. The largest absolute Gasteiger partial charge is 0.493 e. The van der Waals surface area contributed by atoms with Crippen LogP contribution in [-0.2, 0) is 10.0 Å². The highest BCUT2D eigenvalue weighted by molar-refractivity contribution is 7.89. The molecular weight excluding hydrogens is 298 g/mol. The zero-order chi connectivity index (χ0) is 16.2. The Labute approximate surface area is 132 Å². The highest BCUT2D eigenvalue weighted by Gasteiger charge is 2.20. The molecule has 0 bridgehead atoms. The van der Waals surface area contributed by atoms with Gasteiger partial charge in [-0.2, -0.15) is 0 Å². The molecular formula is C17H23NO3S. The van der Waals surface area contributed by atoms with Crippen LogP contribution in [0.3, 0.4) is 0 Å². The summed E-state index contributed by atoms with van der Waals surface area (Å²) in [5, 5.41) is 1.51. The second-order valence-corrected chi connectivity index (χ2v) is 7.07. The number of ether oxygens (including phenoxy) is 1. The first-order valence-electron chi connectivity index (χ1n) is 7.66. The maximum Gasteiger partial charge on any atom is 0.241 e. The summed E-state index contributed by atoms with van der Waals surface area (Å²) in [5.41, 5.74) is 0. The first-order valence-corrected chi connectivity index (χ1v) is 9.14. The Bertz CT molecular complexity index is 741. The molecule has 0 amide bonds. The first-order chi connectivity index (χ1) is 10.5. The molecule has 0 fully saturated rings. The molecule has 2 aromatic carbocycles. The molecule has 2 rings (SSSR count). The Morgan fingerprint density at radius 2 is 1.77 bits per heavy atom. The summed E-state index contributed by atoms with van der Waals surface area (Å²) in [6.45, 7) is 6.46. The molecule has 0 aliphatic carbocycles. The van der Waals surface area contributed by atoms with E-state index in [-0.39, 0.29) is 6.04 Å². The summed E-state index contributed by atoms with van der Waals surface area (Å²) in [5.74, 6) is 0.722. The fourth-order valence-corrected chi connectivity index (χ4v) is 3.77. The van der Waals surface area contributed by atoms with Gasteiger partial charge in [0, 0.05) is 16.8 Å². The average molecular weight is 321 g/mol. The van der Waals surface area contributed by atoms with Gasteiger partial charge in [-0.3, -0.25) is 0 Å². The molecule has 5 heteroatoms. The summed E-state index contributed by atoms with van der Waals surface area (Å²) in [6.07, 6.45) is 1.65. The number of sulfonamides is 1. The van der Waals surface area contributed by atoms with Crippen molar-refractivity contribution in [2.45, 2.75) is 44.6 Å². The van der Waals surface area contributed by atoms with Crippen molar-refractivity contribution in [3.63, 3.8) is 0 Å². The lowest BCUT2D eigenvalue weighted by Crippen LogP contribution is -2.32. The smallest absolute Gasteiger partial charge is 0.241 e. The van der Waals surface area contributed by atoms with Gasteiger partial charge in [0.25, 0.3) is 0 Å². The maximum atomic E-state index is 12.6. The van der Waals surface area contributed by atoms with E-state index >= 15 is 0 Å². The van der Waals surface area contributed by atoms with E-state index in [9.17, 15) is 8.42 Å². The van der Waals surface area contributed by atoms with Gasteiger partial charge in [-0.15, -0.1) is 0 Å². The summed E-state index contributed by atoms with van der Waals surface area (Å²) in [7, 11) is -3.54. The van der Waals surface area contributed by atoms with Crippen molar-refractivity contribution in [3.8, 4) is 5.75 Å². The van der Waals surface area contributed by atoms with Crippen LogP contribution in [0.1, 0.15) is 33.6 Å². The van der Waals surface area contributed by atoms with Crippen molar-refractivity contribution in [2.24, 2.45) is 0 Å². The van der Waals surface area contributed by atoms with Gasteiger partial charge < -0.3 is 4.74 Å². The van der Waals surface area contributed by atoms with Gasteiger partial charge in [0.1, 0.15) is 5.75 Å². The topological polar surface area (TPSA) is 55.4 Å². The Hall–Kier alpha value is -1.59. The van der Waals surface area contributed by atoms with Gasteiger partial charge in [-0.25, -0.2) is 13.1 Å². The van der Waals surface area contributed by atoms with Crippen LogP contribution in [0.15, 0.2) is 41.3 Å². The lowest BCUT2D eigenvalue weighted by atomic mass is 10.1. The van der Waals surface area contributed by atoms with Gasteiger partial charge in [0.05, 0.1) is 11.5 Å². The Kier molecular flexibility index (Phi) is 5.42. The third kappa shape index (κ3) is 3.59. The van der Waals surface area contributed by atoms with Crippen molar-refractivity contribution in [1.29, 1.82) is 0 Å². The summed E-state index contributed by atoms with van der Waals surface area (Å²) < 4.78 is 33.6. The Morgan fingerprint density at radius 3 is 2.41 bits per heavy atom.